The van der Waals surface area contributed by atoms with Crippen molar-refractivity contribution in [3.05, 3.63) is 28.2 Å². The Balaban J connectivity index is 1.98. The predicted molar refractivity (Wildman–Crippen MR) is 71.6 cm³/mol. The molecule has 0 amide bonds. The fourth-order valence-corrected chi connectivity index (χ4v) is 2.50. The molecule has 0 spiro atoms. The molecule has 1 unspecified atom stereocenters. The second-order valence-corrected chi connectivity index (χ2v) is 4.95. The molecule has 1 heterocycles. The van der Waals surface area contributed by atoms with E-state index in [1.807, 2.05) is 13.0 Å². The molecule has 1 fully saturated rings. The van der Waals surface area contributed by atoms with Gasteiger partial charge < -0.3 is 14.8 Å². The molecule has 4 heteroatoms. The van der Waals surface area contributed by atoms with Gasteiger partial charge >= 0.3 is 0 Å². The van der Waals surface area contributed by atoms with Crippen LogP contribution in [0, 0.1) is 0 Å². The van der Waals surface area contributed by atoms with Gasteiger partial charge in [-0.15, -0.1) is 0 Å². The number of morpholine rings is 1. The molecular formula is C13H18BrNO2. The zero-order valence-corrected chi connectivity index (χ0v) is 11.6. The van der Waals surface area contributed by atoms with Crippen molar-refractivity contribution in [1.82, 2.24) is 5.32 Å². The molecule has 1 N–H and O–H groups in total. The van der Waals surface area contributed by atoms with Gasteiger partial charge in [-0.25, -0.2) is 0 Å². The van der Waals surface area contributed by atoms with Gasteiger partial charge in [-0.3, -0.25) is 0 Å². The lowest BCUT2D eigenvalue weighted by Crippen LogP contribution is -2.39. The summed E-state index contributed by atoms with van der Waals surface area (Å²) in [5.41, 5.74) is 1.27. The van der Waals surface area contributed by atoms with Crippen molar-refractivity contribution in [2.24, 2.45) is 0 Å². The van der Waals surface area contributed by atoms with E-state index in [1.165, 1.54) is 5.56 Å². The molecule has 1 aromatic rings. The van der Waals surface area contributed by atoms with Crippen molar-refractivity contribution in [3.63, 3.8) is 0 Å². The monoisotopic (exact) mass is 299 g/mol. The zero-order chi connectivity index (χ0) is 12.1. The maximum Gasteiger partial charge on any atom is 0.133 e. The Morgan fingerprint density at radius 3 is 3.06 bits per heavy atom. The van der Waals surface area contributed by atoms with E-state index in [0.717, 1.165) is 36.3 Å². The summed E-state index contributed by atoms with van der Waals surface area (Å²) in [6.07, 6.45) is 1.23. The minimum absolute atomic E-state index is 0.286. The summed E-state index contributed by atoms with van der Waals surface area (Å²) in [6, 6.07) is 6.23. The molecule has 0 radical (unpaired) electrons. The zero-order valence-electron chi connectivity index (χ0n) is 10.0. The maximum atomic E-state index is 5.69. The van der Waals surface area contributed by atoms with Crippen LogP contribution in [0.25, 0.3) is 0 Å². The second kappa shape index (κ2) is 6.38. The number of nitrogens with one attached hydrogen (secondary N) is 1. The van der Waals surface area contributed by atoms with Crippen LogP contribution in [0.15, 0.2) is 22.7 Å². The Bertz CT molecular complexity index is 364. The highest BCUT2D eigenvalue weighted by molar-refractivity contribution is 9.10. The molecule has 1 aliphatic heterocycles. The van der Waals surface area contributed by atoms with Gasteiger partial charge in [0, 0.05) is 13.1 Å². The molecule has 1 aromatic carbocycles. The van der Waals surface area contributed by atoms with Gasteiger partial charge in [-0.1, -0.05) is 6.07 Å². The maximum absolute atomic E-state index is 5.69. The van der Waals surface area contributed by atoms with E-state index in [2.05, 4.69) is 33.4 Å². The number of hydrogen-bond acceptors (Lipinski definition) is 3. The summed E-state index contributed by atoms with van der Waals surface area (Å²) in [5, 5.41) is 3.34. The van der Waals surface area contributed by atoms with Crippen LogP contribution in [0.1, 0.15) is 12.5 Å². The molecule has 17 heavy (non-hydrogen) atoms. The molecule has 1 saturated heterocycles. The fourth-order valence-electron chi connectivity index (χ4n) is 1.96. The van der Waals surface area contributed by atoms with E-state index < -0.39 is 0 Å². The van der Waals surface area contributed by atoms with E-state index in [1.54, 1.807) is 0 Å². The molecule has 0 saturated carbocycles. The molecule has 3 nitrogen and oxygen atoms in total. The minimum atomic E-state index is 0.286. The van der Waals surface area contributed by atoms with Gasteiger partial charge in [0.15, 0.2) is 0 Å². The highest BCUT2D eigenvalue weighted by Crippen LogP contribution is 2.26. The summed E-state index contributed by atoms with van der Waals surface area (Å²) in [4.78, 5) is 0. The number of rotatable bonds is 4. The van der Waals surface area contributed by atoms with E-state index >= 15 is 0 Å². The highest BCUT2D eigenvalue weighted by Gasteiger charge is 2.14. The normalized spacial score (nSPS) is 20.2. The average Bonchev–Trinajstić information content (AvgIpc) is 2.34. The summed E-state index contributed by atoms with van der Waals surface area (Å²) in [5.74, 6) is 0.902. The van der Waals surface area contributed by atoms with Crippen LogP contribution in [0.4, 0.5) is 0 Å². The lowest BCUT2D eigenvalue weighted by atomic mass is 10.1. The Hall–Kier alpha value is -0.580. The van der Waals surface area contributed by atoms with Crippen molar-refractivity contribution in [1.29, 1.82) is 0 Å². The van der Waals surface area contributed by atoms with E-state index in [4.69, 9.17) is 9.47 Å². The average molecular weight is 300 g/mol. The van der Waals surface area contributed by atoms with Crippen molar-refractivity contribution in [2.45, 2.75) is 19.4 Å². The van der Waals surface area contributed by atoms with E-state index in [-0.39, 0.29) is 6.10 Å². The number of ether oxygens (including phenoxy) is 2. The van der Waals surface area contributed by atoms with Crippen LogP contribution in [0.2, 0.25) is 0 Å². The standard InChI is InChI=1S/C13H18BrNO2/c1-2-16-13-4-3-10(8-12(13)14)7-11-9-15-5-6-17-11/h3-4,8,11,15H,2,5-7,9H2,1H3. The first-order chi connectivity index (χ1) is 8.29. The third-order valence-electron chi connectivity index (χ3n) is 2.76. The number of hydrogen-bond donors (Lipinski definition) is 1. The predicted octanol–water partition coefficient (Wildman–Crippen LogP) is 2.38. The van der Waals surface area contributed by atoms with Crippen molar-refractivity contribution >= 4 is 15.9 Å². The first-order valence-corrected chi connectivity index (χ1v) is 6.82. The molecule has 2 rings (SSSR count). The smallest absolute Gasteiger partial charge is 0.133 e. The Morgan fingerprint density at radius 1 is 1.53 bits per heavy atom. The SMILES string of the molecule is CCOc1ccc(CC2CNCCO2)cc1Br. The van der Waals surface area contributed by atoms with Gasteiger partial charge in [0.1, 0.15) is 5.75 Å². The van der Waals surface area contributed by atoms with Crippen LogP contribution < -0.4 is 10.1 Å². The van der Waals surface area contributed by atoms with Gasteiger partial charge in [-0.05, 0) is 47.0 Å². The quantitative estimate of drug-likeness (QED) is 0.926. The molecule has 0 bridgehead atoms. The fraction of sp³-hybridized carbons (Fsp3) is 0.538. The largest absolute Gasteiger partial charge is 0.493 e. The molecule has 0 aliphatic carbocycles. The number of halogens is 1. The van der Waals surface area contributed by atoms with Crippen LogP contribution in [-0.2, 0) is 11.2 Å². The van der Waals surface area contributed by atoms with Crippen molar-refractivity contribution < 1.29 is 9.47 Å². The van der Waals surface area contributed by atoms with Crippen LogP contribution in [-0.4, -0.2) is 32.4 Å². The molecule has 94 valence electrons. The summed E-state index contributed by atoms with van der Waals surface area (Å²) >= 11 is 3.53. The lowest BCUT2D eigenvalue weighted by molar-refractivity contribution is 0.0292. The summed E-state index contributed by atoms with van der Waals surface area (Å²) < 4.78 is 12.2. The van der Waals surface area contributed by atoms with E-state index in [9.17, 15) is 0 Å². The van der Waals surface area contributed by atoms with Crippen LogP contribution in [0.3, 0.4) is 0 Å². The summed E-state index contributed by atoms with van der Waals surface area (Å²) in [7, 11) is 0. The minimum Gasteiger partial charge on any atom is -0.493 e. The van der Waals surface area contributed by atoms with E-state index in [0.29, 0.717) is 6.61 Å². The summed E-state index contributed by atoms with van der Waals surface area (Å²) in [6.45, 7) is 5.38. The van der Waals surface area contributed by atoms with Crippen LogP contribution >= 0.6 is 15.9 Å². The first kappa shape index (κ1) is 12.9. The second-order valence-electron chi connectivity index (χ2n) is 4.10. The molecule has 1 atom stereocenters. The molecule has 0 aromatic heterocycles. The number of benzene rings is 1. The van der Waals surface area contributed by atoms with Crippen molar-refractivity contribution in [3.8, 4) is 5.75 Å². The van der Waals surface area contributed by atoms with Gasteiger partial charge in [0.25, 0.3) is 0 Å². The van der Waals surface area contributed by atoms with Gasteiger partial charge in [-0.2, -0.15) is 0 Å². The Labute approximate surface area is 111 Å². The Kier molecular flexibility index (Phi) is 4.83. The third kappa shape index (κ3) is 3.69. The van der Waals surface area contributed by atoms with Crippen LogP contribution in [0.5, 0.6) is 5.75 Å². The highest BCUT2D eigenvalue weighted by atomic mass is 79.9. The topological polar surface area (TPSA) is 30.5 Å². The Morgan fingerprint density at radius 2 is 2.41 bits per heavy atom. The molecular weight excluding hydrogens is 282 g/mol. The van der Waals surface area contributed by atoms with Crippen molar-refractivity contribution in [2.75, 3.05) is 26.3 Å². The lowest BCUT2D eigenvalue weighted by Gasteiger charge is -2.23. The first-order valence-electron chi connectivity index (χ1n) is 6.03. The molecule has 1 aliphatic rings. The van der Waals surface area contributed by atoms with Gasteiger partial charge in [0.05, 0.1) is 23.8 Å². The van der Waals surface area contributed by atoms with Gasteiger partial charge in [0.2, 0.25) is 0 Å². The third-order valence-corrected chi connectivity index (χ3v) is 3.38.